The lowest BCUT2D eigenvalue weighted by Gasteiger charge is -2.34. The Kier molecular flexibility index (Phi) is 4.61. The molecule has 1 aromatic heterocycles. The molecule has 0 spiro atoms. The van der Waals surface area contributed by atoms with Gasteiger partial charge < -0.3 is 19.4 Å². The summed E-state index contributed by atoms with van der Waals surface area (Å²) < 4.78 is 0.349. The molecule has 1 unspecified atom stereocenters. The van der Waals surface area contributed by atoms with Crippen LogP contribution in [0.2, 0.25) is 0 Å². The summed E-state index contributed by atoms with van der Waals surface area (Å²) in [5.74, 6) is -1.01. The van der Waals surface area contributed by atoms with Gasteiger partial charge in [0.05, 0.1) is 27.1 Å². The average molecular weight is 283 g/mol. The third-order valence-electron chi connectivity index (χ3n) is 3.30. The van der Waals surface area contributed by atoms with Gasteiger partial charge in [-0.05, 0) is 11.6 Å². The highest BCUT2D eigenvalue weighted by Gasteiger charge is 2.26. The van der Waals surface area contributed by atoms with E-state index < -0.39 is 12.0 Å². The second kappa shape index (κ2) is 5.63. The number of aromatic amines is 1. The Balaban J connectivity index is 0.00000180. The number of carboxylic acids is 1. The highest BCUT2D eigenvalue weighted by Crippen LogP contribution is 2.21. The van der Waals surface area contributed by atoms with Gasteiger partial charge >= 0.3 is 0 Å². The van der Waals surface area contributed by atoms with Crippen molar-refractivity contribution < 1.29 is 14.4 Å². The number of H-pyrrole nitrogens is 1. The molecule has 1 heterocycles. The smallest absolute Gasteiger partial charge is 0.133 e. The van der Waals surface area contributed by atoms with E-state index in [-0.39, 0.29) is 12.4 Å². The number of aliphatic carboxylic acids is 1. The fourth-order valence-electron chi connectivity index (χ4n) is 2.18. The molecule has 1 N–H and O–H groups in total. The zero-order valence-electron chi connectivity index (χ0n) is 11.3. The van der Waals surface area contributed by atoms with Gasteiger partial charge in [0, 0.05) is 23.5 Å². The number of likely N-dealkylation sites (N-methyl/N-ethyl adjacent to an activating group) is 1. The van der Waals surface area contributed by atoms with E-state index in [0.717, 1.165) is 16.5 Å². The number of fused-ring (bicyclic) bond motifs is 1. The van der Waals surface area contributed by atoms with Crippen LogP contribution in [0.25, 0.3) is 10.9 Å². The molecule has 2 rings (SSSR count). The Hall–Kier alpha value is -1.52. The Morgan fingerprint density at radius 2 is 1.95 bits per heavy atom. The molecule has 1 atom stereocenters. The summed E-state index contributed by atoms with van der Waals surface area (Å²) in [6.07, 6.45) is 2.35. The van der Waals surface area contributed by atoms with E-state index in [1.807, 2.05) is 51.6 Å². The van der Waals surface area contributed by atoms with Crippen molar-refractivity contribution in [3.8, 4) is 0 Å². The molecule has 2 aromatic rings. The first-order valence-corrected chi connectivity index (χ1v) is 5.96. The van der Waals surface area contributed by atoms with Crippen LogP contribution in [0.1, 0.15) is 5.56 Å². The van der Waals surface area contributed by atoms with E-state index in [1.54, 1.807) is 0 Å². The van der Waals surface area contributed by atoms with Crippen molar-refractivity contribution in [3.63, 3.8) is 0 Å². The van der Waals surface area contributed by atoms with Crippen LogP contribution in [0, 0.1) is 0 Å². The number of nitrogens with one attached hydrogen (secondary N) is 1. The molecule has 0 saturated carbocycles. The maximum Gasteiger partial charge on any atom is 0.133 e. The van der Waals surface area contributed by atoms with Gasteiger partial charge in [-0.3, -0.25) is 0 Å². The number of aromatic nitrogens is 1. The molecule has 1 aromatic carbocycles. The summed E-state index contributed by atoms with van der Waals surface area (Å²) in [5, 5.41) is 12.4. The number of carbonyl (C=O) groups is 1. The largest absolute Gasteiger partial charge is 0.544 e. The molecule has 19 heavy (non-hydrogen) atoms. The summed E-state index contributed by atoms with van der Waals surface area (Å²) in [6, 6.07) is 7.35. The van der Waals surface area contributed by atoms with Crippen molar-refractivity contribution in [2.24, 2.45) is 0 Å². The lowest BCUT2D eigenvalue weighted by Crippen LogP contribution is -2.55. The van der Waals surface area contributed by atoms with Crippen molar-refractivity contribution in [1.82, 2.24) is 4.98 Å². The Morgan fingerprint density at radius 1 is 1.32 bits per heavy atom. The summed E-state index contributed by atoms with van der Waals surface area (Å²) in [5.41, 5.74) is 2.05. The second-order valence-corrected chi connectivity index (χ2v) is 5.51. The lowest BCUT2D eigenvalue weighted by atomic mass is 10.0. The zero-order valence-corrected chi connectivity index (χ0v) is 12.2. The average Bonchev–Trinajstić information content (AvgIpc) is 2.67. The van der Waals surface area contributed by atoms with Crippen molar-refractivity contribution in [2.75, 3.05) is 21.1 Å². The maximum atomic E-state index is 11.3. The van der Waals surface area contributed by atoms with Gasteiger partial charge in [-0.15, -0.1) is 12.4 Å². The van der Waals surface area contributed by atoms with Gasteiger partial charge in [0.15, 0.2) is 0 Å². The number of halogens is 1. The molecule has 0 aliphatic carbocycles. The number of rotatable bonds is 4. The molecule has 104 valence electrons. The Morgan fingerprint density at radius 3 is 2.53 bits per heavy atom. The molecule has 5 heteroatoms. The van der Waals surface area contributed by atoms with Gasteiger partial charge in [-0.25, -0.2) is 0 Å². The van der Waals surface area contributed by atoms with Crippen LogP contribution in [0.15, 0.2) is 30.5 Å². The maximum absolute atomic E-state index is 11.3. The number of nitrogens with zero attached hydrogens (tertiary/aromatic N) is 1. The molecular weight excluding hydrogens is 264 g/mol. The van der Waals surface area contributed by atoms with Gasteiger partial charge in [0.25, 0.3) is 0 Å². The van der Waals surface area contributed by atoms with E-state index >= 15 is 0 Å². The fourth-order valence-corrected chi connectivity index (χ4v) is 2.18. The standard InChI is InChI=1S/C14H18N2O2.ClH/c1-16(2,3)13(14(17)18)8-10-9-15-12-7-5-4-6-11(10)12;/h4-7,9,13,15H,8H2,1-3H3;1H. The molecule has 0 amide bonds. The molecule has 0 aliphatic heterocycles. The number of carboxylic acid groups (broad SMARTS) is 1. The van der Waals surface area contributed by atoms with Crippen molar-refractivity contribution >= 4 is 29.3 Å². The summed E-state index contributed by atoms with van der Waals surface area (Å²) in [7, 11) is 5.61. The minimum Gasteiger partial charge on any atom is -0.544 e. The van der Waals surface area contributed by atoms with Gasteiger partial charge in [0.2, 0.25) is 0 Å². The molecule has 4 nitrogen and oxygen atoms in total. The number of quaternary nitrogens is 1. The summed E-state index contributed by atoms with van der Waals surface area (Å²) >= 11 is 0. The van der Waals surface area contributed by atoms with Crippen LogP contribution in [0.5, 0.6) is 0 Å². The minimum atomic E-state index is -1.01. The molecule has 0 fully saturated rings. The first-order chi connectivity index (χ1) is 8.39. The number of hydrogen-bond acceptors (Lipinski definition) is 2. The quantitative estimate of drug-likeness (QED) is 0.849. The normalized spacial score (nSPS) is 13.0. The topological polar surface area (TPSA) is 55.9 Å². The molecule has 0 saturated heterocycles. The van der Waals surface area contributed by atoms with Crippen LogP contribution in [-0.2, 0) is 11.2 Å². The van der Waals surface area contributed by atoms with Crippen molar-refractivity contribution in [1.29, 1.82) is 0 Å². The van der Waals surface area contributed by atoms with E-state index in [2.05, 4.69) is 4.98 Å². The van der Waals surface area contributed by atoms with Crippen LogP contribution in [-0.4, -0.2) is 42.6 Å². The monoisotopic (exact) mass is 282 g/mol. The Labute approximate surface area is 119 Å². The number of benzene rings is 1. The molecular formula is C14H19ClN2O2. The van der Waals surface area contributed by atoms with E-state index in [1.165, 1.54) is 0 Å². The number of carbonyl (C=O) groups excluding carboxylic acids is 1. The zero-order chi connectivity index (χ0) is 13.3. The highest BCUT2D eigenvalue weighted by atomic mass is 35.5. The second-order valence-electron chi connectivity index (χ2n) is 5.51. The molecule has 0 radical (unpaired) electrons. The molecule has 0 bridgehead atoms. The van der Waals surface area contributed by atoms with Crippen LogP contribution in [0.4, 0.5) is 0 Å². The van der Waals surface area contributed by atoms with Gasteiger partial charge in [0.1, 0.15) is 6.04 Å². The predicted octanol–water partition coefficient (Wildman–Crippen LogP) is 0.957. The van der Waals surface area contributed by atoms with E-state index in [4.69, 9.17) is 0 Å². The third kappa shape index (κ3) is 3.28. The van der Waals surface area contributed by atoms with Crippen LogP contribution >= 0.6 is 12.4 Å². The van der Waals surface area contributed by atoms with Crippen molar-refractivity contribution in [2.45, 2.75) is 12.5 Å². The van der Waals surface area contributed by atoms with Crippen LogP contribution < -0.4 is 5.11 Å². The SMILES string of the molecule is C[N+](C)(C)C(Cc1c[nH]c2ccccc12)C(=O)[O-].Cl. The van der Waals surface area contributed by atoms with Gasteiger partial charge in [-0.1, -0.05) is 18.2 Å². The lowest BCUT2D eigenvalue weighted by molar-refractivity contribution is -0.889. The van der Waals surface area contributed by atoms with Crippen LogP contribution in [0.3, 0.4) is 0 Å². The third-order valence-corrected chi connectivity index (χ3v) is 3.30. The van der Waals surface area contributed by atoms with E-state index in [0.29, 0.717) is 10.9 Å². The predicted molar refractivity (Wildman–Crippen MR) is 76.1 cm³/mol. The van der Waals surface area contributed by atoms with Gasteiger partial charge in [-0.2, -0.15) is 0 Å². The highest BCUT2D eigenvalue weighted by molar-refractivity contribution is 5.85. The first-order valence-electron chi connectivity index (χ1n) is 5.96. The number of para-hydroxylation sites is 1. The summed E-state index contributed by atoms with van der Waals surface area (Å²) in [4.78, 5) is 14.4. The Bertz CT molecular complexity index is 572. The fraction of sp³-hybridized carbons (Fsp3) is 0.357. The summed E-state index contributed by atoms with van der Waals surface area (Å²) in [6.45, 7) is 0. The van der Waals surface area contributed by atoms with Crippen molar-refractivity contribution in [3.05, 3.63) is 36.0 Å². The minimum absolute atomic E-state index is 0. The number of hydrogen-bond donors (Lipinski definition) is 1. The van der Waals surface area contributed by atoms with E-state index in [9.17, 15) is 9.90 Å². The first kappa shape index (κ1) is 15.5. The molecule has 0 aliphatic rings.